The maximum atomic E-state index is 12.0. The van der Waals surface area contributed by atoms with Crippen LogP contribution in [0.15, 0.2) is 36.5 Å². The summed E-state index contributed by atoms with van der Waals surface area (Å²) < 4.78 is 1.78. The van der Waals surface area contributed by atoms with Crippen LogP contribution < -0.4 is 5.73 Å². The van der Waals surface area contributed by atoms with Crippen LogP contribution in [0.4, 0.5) is 5.69 Å². The number of aryl methyl sites for hydroxylation is 2. The molecule has 17 heavy (non-hydrogen) atoms. The maximum Gasteiger partial charge on any atom is 0.165 e. The van der Waals surface area contributed by atoms with Crippen molar-refractivity contribution in [3.05, 3.63) is 47.8 Å². The molecule has 2 aromatic rings. The topological polar surface area (TPSA) is 60.9 Å². The third-order valence-corrected chi connectivity index (χ3v) is 2.79. The van der Waals surface area contributed by atoms with Gasteiger partial charge in [-0.15, -0.1) is 0 Å². The van der Waals surface area contributed by atoms with Crippen LogP contribution in [0, 0.1) is 0 Å². The minimum atomic E-state index is 0.0734. The van der Waals surface area contributed by atoms with E-state index in [2.05, 4.69) is 5.10 Å². The van der Waals surface area contributed by atoms with Gasteiger partial charge >= 0.3 is 0 Å². The van der Waals surface area contributed by atoms with Crippen LogP contribution >= 0.6 is 0 Å². The number of nitrogens with zero attached hydrogens (tertiary/aromatic N) is 2. The summed E-state index contributed by atoms with van der Waals surface area (Å²) in [5.41, 5.74) is 7.96. The van der Waals surface area contributed by atoms with E-state index in [1.165, 1.54) is 0 Å². The summed E-state index contributed by atoms with van der Waals surface area (Å²) in [6.07, 6.45) is 2.87. The molecule has 88 valence electrons. The minimum Gasteiger partial charge on any atom is -0.398 e. The molecular formula is C13H15N3O. The Bertz CT molecular complexity index is 531. The van der Waals surface area contributed by atoms with Crippen LogP contribution in [0.3, 0.4) is 0 Å². The third-order valence-electron chi connectivity index (χ3n) is 2.79. The summed E-state index contributed by atoms with van der Waals surface area (Å²) in [4.78, 5) is 12.0. The molecule has 0 fully saturated rings. The Labute approximate surface area is 100 Å². The van der Waals surface area contributed by atoms with Gasteiger partial charge in [0.1, 0.15) is 0 Å². The third kappa shape index (κ3) is 2.53. The number of ketones is 1. The van der Waals surface area contributed by atoms with Gasteiger partial charge in [-0.1, -0.05) is 12.1 Å². The zero-order valence-corrected chi connectivity index (χ0v) is 9.76. The van der Waals surface area contributed by atoms with Crippen molar-refractivity contribution in [2.24, 2.45) is 7.05 Å². The van der Waals surface area contributed by atoms with Crippen molar-refractivity contribution < 1.29 is 4.79 Å². The van der Waals surface area contributed by atoms with E-state index in [9.17, 15) is 4.79 Å². The summed E-state index contributed by atoms with van der Waals surface area (Å²) in [5, 5.41) is 4.07. The number of hydrogen-bond donors (Lipinski definition) is 1. The number of rotatable bonds is 4. The van der Waals surface area contributed by atoms with Gasteiger partial charge in [-0.05, 0) is 24.6 Å². The predicted octanol–water partition coefficient (Wildman–Crippen LogP) is 1.82. The lowest BCUT2D eigenvalue weighted by atomic mass is 10.0. The lowest BCUT2D eigenvalue weighted by Crippen LogP contribution is -2.06. The Hall–Kier alpha value is -2.10. The molecule has 0 aliphatic rings. The van der Waals surface area contributed by atoms with Gasteiger partial charge in [-0.3, -0.25) is 9.48 Å². The van der Waals surface area contributed by atoms with Crippen LogP contribution in [0.5, 0.6) is 0 Å². The SMILES string of the molecule is Cn1nccc1CCC(=O)c1ccccc1N. The van der Waals surface area contributed by atoms with Gasteiger partial charge in [0.15, 0.2) is 5.78 Å². The molecule has 1 aromatic carbocycles. The summed E-state index contributed by atoms with van der Waals surface area (Å²) >= 11 is 0. The van der Waals surface area contributed by atoms with E-state index in [1.807, 2.05) is 25.2 Å². The zero-order chi connectivity index (χ0) is 12.3. The van der Waals surface area contributed by atoms with E-state index in [4.69, 9.17) is 5.73 Å². The van der Waals surface area contributed by atoms with Crippen molar-refractivity contribution in [1.82, 2.24) is 9.78 Å². The number of carbonyl (C=O) groups is 1. The lowest BCUT2D eigenvalue weighted by molar-refractivity contribution is 0.0983. The molecule has 4 nitrogen and oxygen atoms in total. The van der Waals surface area contributed by atoms with Gasteiger partial charge < -0.3 is 5.73 Å². The van der Waals surface area contributed by atoms with Crippen molar-refractivity contribution in [2.45, 2.75) is 12.8 Å². The smallest absolute Gasteiger partial charge is 0.165 e. The van der Waals surface area contributed by atoms with Gasteiger partial charge in [0.05, 0.1) is 0 Å². The molecule has 2 rings (SSSR count). The van der Waals surface area contributed by atoms with Crippen LogP contribution in [0.1, 0.15) is 22.5 Å². The number of aromatic nitrogens is 2. The van der Waals surface area contributed by atoms with Crippen LogP contribution in [0.2, 0.25) is 0 Å². The van der Waals surface area contributed by atoms with Gasteiger partial charge in [-0.2, -0.15) is 5.10 Å². The predicted molar refractivity (Wildman–Crippen MR) is 66.7 cm³/mol. The summed E-state index contributed by atoms with van der Waals surface area (Å²) in [6, 6.07) is 9.08. The number of carbonyl (C=O) groups excluding carboxylic acids is 1. The van der Waals surface area contributed by atoms with E-state index in [0.717, 1.165) is 5.69 Å². The van der Waals surface area contributed by atoms with Crippen molar-refractivity contribution in [3.8, 4) is 0 Å². The van der Waals surface area contributed by atoms with Crippen LogP contribution in [-0.4, -0.2) is 15.6 Å². The molecule has 0 amide bonds. The van der Waals surface area contributed by atoms with E-state index in [1.54, 1.807) is 23.0 Å². The van der Waals surface area contributed by atoms with Crippen LogP contribution in [-0.2, 0) is 13.5 Å². The molecular weight excluding hydrogens is 214 g/mol. The number of hydrogen-bond acceptors (Lipinski definition) is 3. The molecule has 0 aliphatic carbocycles. The summed E-state index contributed by atoms with van der Waals surface area (Å²) in [7, 11) is 1.87. The van der Waals surface area contributed by atoms with E-state index in [0.29, 0.717) is 24.1 Å². The molecule has 0 bridgehead atoms. The summed E-state index contributed by atoms with van der Waals surface area (Å²) in [5.74, 6) is 0.0734. The van der Waals surface area contributed by atoms with E-state index in [-0.39, 0.29) is 5.78 Å². The van der Waals surface area contributed by atoms with Crippen molar-refractivity contribution in [1.29, 1.82) is 0 Å². The molecule has 2 N–H and O–H groups in total. The number of nitrogen functional groups attached to an aromatic ring is 1. The largest absolute Gasteiger partial charge is 0.398 e. The number of anilines is 1. The summed E-state index contributed by atoms with van der Waals surface area (Å²) in [6.45, 7) is 0. The second-order valence-corrected chi connectivity index (χ2v) is 3.96. The Morgan fingerprint density at radius 3 is 2.76 bits per heavy atom. The zero-order valence-electron chi connectivity index (χ0n) is 9.76. The van der Waals surface area contributed by atoms with E-state index >= 15 is 0 Å². The molecule has 1 aromatic heterocycles. The highest BCUT2D eigenvalue weighted by Gasteiger charge is 2.10. The second-order valence-electron chi connectivity index (χ2n) is 3.96. The number of Topliss-reactive ketones (excluding diaryl/α,β-unsaturated/α-hetero) is 1. The number of benzene rings is 1. The molecule has 4 heteroatoms. The Morgan fingerprint density at radius 1 is 1.35 bits per heavy atom. The quantitative estimate of drug-likeness (QED) is 0.642. The second kappa shape index (κ2) is 4.82. The van der Waals surface area contributed by atoms with Gasteiger partial charge in [0.2, 0.25) is 0 Å². The molecule has 1 heterocycles. The average Bonchev–Trinajstić information content (AvgIpc) is 2.72. The number of nitrogens with two attached hydrogens (primary N) is 1. The first kappa shape index (κ1) is 11.4. The molecule has 0 atom stereocenters. The van der Waals surface area contributed by atoms with Gasteiger partial charge in [-0.25, -0.2) is 0 Å². The minimum absolute atomic E-state index is 0.0734. The Kier molecular flexibility index (Phi) is 3.23. The molecule has 0 spiro atoms. The fourth-order valence-electron chi connectivity index (χ4n) is 1.77. The lowest BCUT2D eigenvalue weighted by Gasteiger charge is -2.04. The first-order chi connectivity index (χ1) is 8.18. The Balaban J connectivity index is 2.04. The van der Waals surface area contributed by atoms with Crippen molar-refractivity contribution in [3.63, 3.8) is 0 Å². The standard InChI is InChI=1S/C13H15N3O/c1-16-10(8-9-15-16)6-7-13(17)11-4-2-3-5-12(11)14/h2-5,8-9H,6-7,14H2,1H3. The van der Waals surface area contributed by atoms with Crippen LogP contribution in [0.25, 0.3) is 0 Å². The fourth-order valence-corrected chi connectivity index (χ4v) is 1.77. The molecule has 0 unspecified atom stereocenters. The monoisotopic (exact) mass is 229 g/mol. The maximum absolute atomic E-state index is 12.0. The van der Waals surface area contributed by atoms with Crippen molar-refractivity contribution >= 4 is 11.5 Å². The highest BCUT2D eigenvalue weighted by molar-refractivity contribution is 6.00. The van der Waals surface area contributed by atoms with Crippen molar-refractivity contribution in [2.75, 3.05) is 5.73 Å². The average molecular weight is 229 g/mol. The number of para-hydroxylation sites is 1. The Morgan fingerprint density at radius 2 is 2.12 bits per heavy atom. The molecule has 0 radical (unpaired) electrons. The fraction of sp³-hybridized carbons (Fsp3) is 0.231. The highest BCUT2D eigenvalue weighted by atomic mass is 16.1. The van der Waals surface area contributed by atoms with Gasteiger partial charge in [0.25, 0.3) is 0 Å². The van der Waals surface area contributed by atoms with Gasteiger partial charge in [0, 0.05) is 36.6 Å². The first-order valence-corrected chi connectivity index (χ1v) is 5.53. The van der Waals surface area contributed by atoms with E-state index < -0.39 is 0 Å². The first-order valence-electron chi connectivity index (χ1n) is 5.53. The normalized spacial score (nSPS) is 10.4. The molecule has 0 saturated heterocycles. The molecule has 0 aliphatic heterocycles. The highest BCUT2D eigenvalue weighted by Crippen LogP contribution is 2.14. The molecule has 0 saturated carbocycles.